The number of hydrogen-bond donors (Lipinski definition) is 0. The number of aryl methyl sites for hydroxylation is 1. The van der Waals surface area contributed by atoms with E-state index in [1.54, 1.807) is 36.8 Å². The normalized spacial score (nSPS) is 18.0. The van der Waals surface area contributed by atoms with Gasteiger partial charge in [0.2, 0.25) is 5.88 Å². The summed E-state index contributed by atoms with van der Waals surface area (Å²) in [7, 11) is 1.57. The molecule has 1 saturated heterocycles. The lowest BCUT2D eigenvalue weighted by atomic mass is 9.98. The zero-order valence-electron chi connectivity index (χ0n) is 13.5. The van der Waals surface area contributed by atoms with Crippen LogP contribution in [0.3, 0.4) is 0 Å². The number of piperidine rings is 1. The minimum Gasteiger partial charge on any atom is -0.481 e. The highest BCUT2D eigenvalue weighted by Crippen LogP contribution is 2.30. The quantitative estimate of drug-likeness (QED) is 0.864. The van der Waals surface area contributed by atoms with Crippen LogP contribution in [0.5, 0.6) is 5.88 Å². The van der Waals surface area contributed by atoms with Gasteiger partial charge in [-0.3, -0.25) is 4.79 Å². The van der Waals surface area contributed by atoms with E-state index in [1.165, 1.54) is 0 Å². The maximum atomic E-state index is 12.7. The van der Waals surface area contributed by atoms with Gasteiger partial charge in [0.25, 0.3) is 5.91 Å². The van der Waals surface area contributed by atoms with Gasteiger partial charge in [0.05, 0.1) is 23.4 Å². The number of likely N-dealkylation sites (tertiary alicyclic amines) is 1. The van der Waals surface area contributed by atoms with E-state index in [9.17, 15) is 4.79 Å². The van der Waals surface area contributed by atoms with E-state index >= 15 is 0 Å². The Labute approximate surface area is 140 Å². The first kappa shape index (κ1) is 15.9. The molecular formula is C17H21N3O2S. The van der Waals surface area contributed by atoms with Crippen molar-refractivity contribution >= 4 is 17.2 Å². The molecule has 0 aromatic carbocycles. The van der Waals surface area contributed by atoms with Gasteiger partial charge in [-0.15, -0.1) is 11.3 Å². The number of thiazole rings is 1. The highest BCUT2D eigenvalue weighted by Gasteiger charge is 2.27. The van der Waals surface area contributed by atoms with Crippen LogP contribution in [0.25, 0.3) is 0 Å². The van der Waals surface area contributed by atoms with Crippen LogP contribution in [0.2, 0.25) is 0 Å². The van der Waals surface area contributed by atoms with Crippen LogP contribution < -0.4 is 4.74 Å². The number of carbonyl (C=O) groups excluding carboxylic acids is 1. The topological polar surface area (TPSA) is 55.3 Å². The van der Waals surface area contributed by atoms with Gasteiger partial charge >= 0.3 is 0 Å². The first-order chi connectivity index (χ1) is 11.2. The van der Waals surface area contributed by atoms with Crippen molar-refractivity contribution in [3.63, 3.8) is 0 Å². The Hall–Kier alpha value is -1.95. The Morgan fingerprint density at radius 3 is 3.00 bits per heavy atom. The fourth-order valence-electron chi connectivity index (χ4n) is 2.85. The van der Waals surface area contributed by atoms with Crippen molar-refractivity contribution in [2.75, 3.05) is 20.2 Å². The molecule has 3 rings (SSSR count). The lowest BCUT2D eigenvalue weighted by Gasteiger charge is -2.31. The highest BCUT2D eigenvalue weighted by atomic mass is 32.1. The molecule has 1 amide bonds. The number of rotatable bonds is 4. The van der Waals surface area contributed by atoms with Crippen molar-refractivity contribution in [2.45, 2.75) is 32.1 Å². The van der Waals surface area contributed by atoms with E-state index in [0.717, 1.165) is 43.1 Å². The third-order valence-electron chi connectivity index (χ3n) is 4.18. The van der Waals surface area contributed by atoms with Gasteiger partial charge in [-0.05, 0) is 25.3 Å². The van der Waals surface area contributed by atoms with Crippen LogP contribution in [0, 0.1) is 0 Å². The first-order valence-corrected chi connectivity index (χ1v) is 8.82. The predicted molar refractivity (Wildman–Crippen MR) is 90.2 cm³/mol. The lowest BCUT2D eigenvalue weighted by Crippen LogP contribution is -2.39. The van der Waals surface area contributed by atoms with Crippen LogP contribution in [-0.2, 0) is 6.42 Å². The van der Waals surface area contributed by atoms with E-state index in [-0.39, 0.29) is 5.91 Å². The first-order valence-electron chi connectivity index (χ1n) is 7.95. The molecule has 0 saturated carbocycles. The third-order valence-corrected chi connectivity index (χ3v) is 5.24. The number of carbonyl (C=O) groups is 1. The predicted octanol–water partition coefficient (Wildman–Crippen LogP) is 3.13. The summed E-state index contributed by atoms with van der Waals surface area (Å²) >= 11 is 1.72. The molecule has 0 spiro atoms. The number of nitrogens with zero attached hydrogens (tertiary/aromatic N) is 3. The third kappa shape index (κ3) is 3.52. The van der Waals surface area contributed by atoms with Gasteiger partial charge in [-0.25, -0.2) is 9.97 Å². The van der Waals surface area contributed by atoms with Crippen molar-refractivity contribution in [1.82, 2.24) is 14.9 Å². The molecule has 1 aliphatic heterocycles. The molecule has 2 aromatic heterocycles. The molecule has 0 bridgehead atoms. The Kier molecular flexibility index (Phi) is 4.91. The average Bonchev–Trinajstić information content (AvgIpc) is 3.10. The average molecular weight is 331 g/mol. The summed E-state index contributed by atoms with van der Waals surface area (Å²) in [4.78, 5) is 23.4. The van der Waals surface area contributed by atoms with Crippen LogP contribution in [-0.4, -0.2) is 41.0 Å². The maximum Gasteiger partial charge on any atom is 0.255 e. The minimum absolute atomic E-state index is 0.0390. The number of hydrogen-bond acceptors (Lipinski definition) is 5. The van der Waals surface area contributed by atoms with Crippen LogP contribution >= 0.6 is 11.3 Å². The Morgan fingerprint density at radius 2 is 2.35 bits per heavy atom. The molecule has 3 heterocycles. The van der Waals surface area contributed by atoms with E-state index in [4.69, 9.17) is 9.72 Å². The van der Waals surface area contributed by atoms with Gasteiger partial charge in [0.15, 0.2) is 0 Å². The van der Waals surface area contributed by atoms with Crippen molar-refractivity contribution in [3.8, 4) is 5.88 Å². The molecule has 0 N–H and O–H groups in total. The zero-order valence-corrected chi connectivity index (χ0v) is 14.3. The molecule has 0 unspecified atom stereocenters. The van der Waals surface area contributed by atoms with Crippen LogP contribution in [0.15, 0.2) is 23.7 Å². The largest absolute Gasteiger partial charge is 0.481 e. The van der Waals surface area contributed by atoms with Gasteiger partial charge in [-0.2, -0.15) is 0 Å². The number of ether oxygens (including phenoxy) is 1. The second kappa shape index (κ2) is 7.08. The summed E-state index contributed by atoms with van der Waals surface area (Å²) in [5.41, 5.74) is 1.76. The summed E-state index contributed by atoms with van der Waals surface area (Å²) in [6.45, 7) is 3.65. The number of aromatic nitrogens is 2. The SMILES string of the molecule is CCc1csc([C@H]2CCCN(C(=O)c3ccc(OC)nc3)C2)n1. The van der Waals surface area contributed by atoms with Gasteiger partial charge in [-0.1, -0.05) is 6.92 Å². The number of pyridine rings is 1. The van der Waals surface area contributed by atoms with Crippen LogP contribution in [0.4, 0.5) is 0 Å². The molecular weight excluding hydrogens is 310 g/mol. The summed E-state index contributed by atoms with van der Waals surface area (Å²) in [6.07, 6.45) is 4.66. The molecule has 1 fully saturated rings. The molecule has 1 aliphatic rings. The van der Waals surface area contributed by atoms with E-state index in [1.807, 2.05) is 4.90 Å². The maximum absolute atomic E-state index is 12.7. The molecule has 0 radical (unpaired) electrons. The Bertz CT molecular complexity index is 669. The molecule has 0 aliphatic carbocycles. The molecule has 6 heteroatoms. The fraction of sp³-hybridized carbons (Fsp3) is 0.471. The minimum atomic E-state index is 0.0390. The molecule has 122 valence electrons. The van der Waals surface area contributed by atoms with E-state index in [0.29, 0.717) is 17.4 Å². The summed E-state index contributed by atoms with van der Waals surface area (Å²) < 4.78 is 5.04. The Balaban J connectivity index is 1.70. The molecule has 1 atom stereocenters. The second-order valence-corrected chi connectivity index (χ2v) is 6.60. The smallest absolute Gasteiger partial charge is 0.255 e. The fourth-order valence-corrected chi connectivity index (χ4v) is 3.88. The summed E-state index contributed by atoms with van der Waals surface area (Å²) in [5.74, 6) is 0.911. The molecule has 5 nitrogen and oxygen atoms in total. The zero-order chi connectivity index (χ0) is 16.2. The summed E-state index contributed by atoms with van der Waals surface area (Å²) in [6, 6.07) is 3.50. The molecule has 23 heavy (non-hydrogen) atoms. The summed E-state index contributed by atoms with van der Waals surface area (Å²) in [5, 5.41) is 3.29. The number of amides is 1. The van der Waals surface area contributed by atoms with Gasteiger partial charge < -0.3 is 9.64 Å². The standard InChI is InChI=1S/C17H21N3O2S/c1-3-14-11-23-16(19-14)13-5-4-8-20(10-13)17(21)12-6-7-15(22-2)18-9-12/h6-7,9,11,13H,3-5,8,10H2,1-2H3/t13-/m0/s1. The van der Waals surface area contributed by atoms with Crippen molar-refractivity contribution in [3.05, 3.63) is 40.0 Å². The Morgan fingerprint density at radius 1 is 1.48 bits per heavy atom. The van der Waals surface area contributed by atoms with Gasteiger partial charge in [0, 0.05) is 36.7 Å². The molecule has 2 aromatic rings. The van der Waals surface area contributed by atoms with Crippen molar-refractivity contribution in [2.24, 2.45) is 0 Å². The van der Waals surface area contributed by atoms with Crippen molar-refractivity contribution in [1.29, 1.82) is 0 Å². The lowest BCUT2D eigenvalue weighted by molar-refractivity contribution is 0.0706. The van der Waals surface area contributed by atoms with Gasteiger partial charge in [0.1, 0.15) is 0 Å². The van der Waals surface area contributed by atoms with E-state index < -0.39 is 0 Å². The number of methoxy groups -OCH3 is 1. The van der Waals surface area contributed by atoms with Crippen molar-refractivity contribution < 1.29 is 9.53 Å². The van der Waals surface area contributed by atoms with E-state index in [2.05, 4.69) is 17.3 Å². The highest BCUT2D eigenvalue weighted by molar-refractivity contribution is 7.09. The monoisotopic (exact) mass is 331 g/mol. The van der Waals surface area contributed by atoms with Crippen LogP contribution in [0.1, 0.15) is 46.7 Å². The second-order valence-electron chi connectivity index (χ2n) is 5.71.